The van der Waals surface area contributed by atoms with Gasteiger partial charge in [0.1, 0.15) is 0 Å². The predicted octanol–water partition coefficient (Wildman–Crippen LogP) is 2.63. The van der Waals surface area contributed by atoms with E-state index in [1.54, 1.807) is 6.08 Å². The third-order valence-electron chi connectivity index (χ3n) is 1.87. The Morgan fingerprint density at radius 1 is 1.07 bits per heavy atom. The van der Waals surface area contributed by atoms with E-state index in [9.17, 15) is 4.79 Å². The molecule has 0 aromatic carbocycles. The van der Waals surface area contributed by atoms with Crippen LogP contribution < -0.4 is 0 Å². The molecule has 0 spiro atoms. The van der Waals surface area contributed by atoms with E-state index in [1.165, 1.54) is 0 Å². The number of allylic oxidation sites excluding steroid dienone is 2. The summed E-state index contributed by atoms with van der Waals surface area (Å²) >= 11 is 1.16. The molecule has 0 aliphatic heterocycles. The van der Waals surface area contributed by atoms with Gasteiger partial charge in [-0.2, -0.15) is 0 Å². The van der Waals surface area contributed by atoms with Gasteiger partial charge < -0.3 is 0 Å². The quantitative estimate of drug-likeness (QED) is 0.429. The van der Waals surface area contributed by atoms with Crippen LogP contribution in [-0.4, -0.2) is 24.7 Å². The van der Waals surface area contributed by atoms with Crippen molar-refractivity contribution >= 4 is 24.7 Å². The summed E-state index contributed by atoms with van der Waals surface area (Å²) in [6.07, 6.45) is 1.63. The summed E-state index contributed by atoms with van der Waals surface area (Å²) in [6.45, 7) is 11.8. The first kappa shape index (κ1) is 13.8. The first-order chi connectivity index (χ1) is 6.09. The summed E-state index contributed by atoms with van der Waals surface area (Å²) in [5, 5.41) is 0. The van der Waals surface area contributed by atoms with Crippen LogP contribution in [0.1, 0.15) is 41.5 Å². The first-order valence-corrected chi connectivity index (χ1v) is 5.71. The monoisotopic (exact) mass is 252 g/mol. The Morgan fingerprint density at radius 2 is 1.50 bits per heavy atom. The fourth-order valence-electron chi connectivity index (χ4n) is 0.763. The van der Waals surface area contributed by atoms with E-state index in [2.05, 4.69) is 0 Å². The molecule has 0 unspecified atom stereocenters. The molecule has 3 heteroatoms. The van der Waals surface area contributed by atoms with E-state index in [4.69, 9.17) is 3.53 Å². The molecule has 0 aromatic heterocycles. The Hall–Kier alpha value is -0.154. The molecule has 2 nitrogen and oxygen atoms in total. The van der Waals surface area contributed by atoms with Gasteiger partial charge in [-0.15, -0.1) is 0 Å². The number of carbonyl (C=O) groups excluding carboxylic acids is 1. The predicted molar refractivity (Wildman–Crippen MR) is 58.8 cm³/mol. The Morgan fingerprint density at radius 3 is 1.71 bits per heavy atom. The Labute approximate surface area is 97.4 Å². The maximum absolute atomic E-state index is 11.7. The van der Waals surface area contributed by atoms with Crippen LogP contribution in [0.5, 0.6) is 0 Å². The van der Waals surface area contributed by atoms with Crippen molar-refractivity contribution in [3.63, 3.8) is 0 Å². The van der Waals surface area contributed by atoms with Gasteiger partial charge in [0.25, 0.3) is 0 Å². The number of carbonyl (C=O) groups is 1. The molecule has 0 aliphatic rings. The van der Waals surface area contributed by atoms with Crippen molar-refractivity contribution in [2.24, 2.45) is 10.8 Å². The summed E-state index contributed by atoms with van der Waals surface area (Å²) in [5.74, 6) is 0.873. The second kappa shape index (κ2) is 4.58. The summed E-state index contributed by atoms with van der Waals surface area (Å²) in [5.41, 5.74) is -0.431. The van der Waals surface area contributed by atoms with Gasteiger partial charge >= 0.3 is 97.3 Å². The number of hydrogen-bond donors (Lipinski definition) is 0. The van der Waals surface area contributed by atoms with E-state index in [-0.39, 0.29) is 16.6 Å². The van der Waals surface area contributed by atoms with Crippen LogP contribution in [0, 0.1) is 10.8 Å². The zero-order valence-electron chi connectivity index (χ0n) is 9.97. The van der Waals surface area contributed by atoms with Gasteiger partial charge in [0.15, 0.2) is 0 Å². The van der Waals surface area contributed by atoms with Gasteiger partial charge in [-0.25, -0.2) is 0 Å². The van der Waals surface area contributed by atoms with Crippen molar-refractivity contribution in [2.75, 3.05) is 0 Å². The van der Waals surface area contributed by atoms with Gasteiger partial charge in [0.2, 0.25) is 0 Å². The maximum atomic E-state index is 11.7. The normalized spacial score (nSPS) is 14.0. The fourth-order valence-corrected chi connectivity index (χ4v) is 1.65. The van der Waals surface area contributed by atoms with E-state index in [1.807, 2.05) is 41.5 Å². The Bertz CT molecular complexity index is 241. The van der Waals surface area contributed by atoms with Crippen molar-refractivity contribution in [3.8, 4) is 0 Å². The second-order valence-electron chi connectivity index (χ2n) is 5.49. The van der Waals surface area contributed by atoms with Crippen LogP contribution in [0.25, 0.3) is 0 Å². The zero-order valence-corrected chi connectivity index (χ0v) is 12.4. The SMILES string of the molecule is CC(C)(C)C(=O)/C=C(\[O][Ga])C(C)(C)C. The van der Waals surface area contributed by atoms with Crippen molar-refractivity contribution in [1.82, 2.24) is 0 Å². The number of hydrogen-bond acceptors (Lipinski definition) is 2. The molecule has 0 amide bonds. The summed E-state index contributed by atoms with van der Waals surface area (Å²) in [6, 6.07) is 0. The standard InChI is InChI=1S/C11H20O2.Ga/c1-10(2,3)8(12)7-9(13)11(4,5)6;/h7,12H,1-6H3;/q;+1/p-1/b8-7-;. The van der Waals surface area contributed by atoms with Crippen molar-refractivity contribution in [2.45, 2.75) is 41.5 Å². The molecule has 2 radical (unpaired) electrons. The average Bonchev–Trinajstić information content (AvgIpc) is 1.95. The minimum atomic E-state index is -0.331. The van der Waals surface area contributed by atoms with Gasteiger partial charge in [0, 0.05) is 0 Å². The molecule has 0 aromatic rings. The van der Waals surface area contributed by atoms with Crippen LogP contribution in [0.3, 0.4) is 0 Å². The molecule has 0 rings (SSSR count). The molecule has 0 bridgehead atoms. The number of rotatable bonds is 2. The van der Waals surface area contributed by atoms with Crippen LogP contribution in [-0.2, 0) is 8.32 Å². The molecular weight excluding hydrogens is 234 g/mol. The molecule has 0 saturated heterocycles. The Balaban J connectivity index is 4.89. The second-order valence-corrected chi connectivity index (χ2v) is 5.99. The first-order valence-electron chi connectivity index (χ1n) is 4.72. The van der Waals surface area contributed by atoms with Gasteiger partial charge in [0.05, 0.1) is 0 Å². The van der Waals surface area contributed by atoms with E-state index >= 15 is 0 Å². The molecule has 14 heavy (non-hydrogen) atoms. The van der Waals surface area contributed by atoms with Crippen LogP contribution in [0.2, 0.25) is 0 Å². The molecule has 0 heterocycles. The Kier molecular flexibility index (Phi) is 4.53. The molecule has 0 saturated carbocycles. The van der Waals surface area contributed by atoms with Crippen molar-refractivity contribution < 1.29 is 8.32 Å². The van der Waals surface area contributed by atoms with Crippen LogP contribution in [0.15, 0.2) is 11.8 Å². The third kappa shape index (κ3) is 4.38. The molecule has 0 fully saturated rings. The van der Waals surface area contributed by atoms with Crippen LogP contribution in [0.4, 0.5) is 0 Å². The topological polar surface area (TPSA) is 26.3 Å². The summed E-state index contributed by atoms with van der Waals surface area (Å²) < 4.78 is 5.28. The molecule has 0 aliphatic carbocycles. The van der Waals surface area contributed by atoms with Gasteiger partial charge in [-0.3, -0.25) is 0 Å². The fraction of sp³-hybridized carbons (Fsp3) is 0.727. The zero-order chi connectivity index (χ0) is 11.6. The van der Waals surface area contributed by atoms with Crippen molar-refractivity contribution in [1.29, 1.82) is 0 Å². The van der Waals surface area contributed by atoms with Crippen LogP contribution >= 0.6 is 0 Å². The van der Waals surface area contributed by atoms with Crippen molar-refractivity contribution in [3.05, 3.63) is 11.8 Å². The van der Waals surface area contributed by atoms with Gasteiger partial charge in [-0.1, -0.05) is 0 Å². The van der Waals surface area contributed by atoms with E-state index in [0.29, 0.717) is 0 Å². The molecular formula is C11H19GaO2. The minimum absolute atomic E-state index is 0.0998. The summed E-state index contributed by atoms with van der Waals surface area (Å²) in [7, 11) is 0. The van der Waals surface area contributed by atoms with Gasteiger partial charge in [-0.05, 0) is 0 Å². The summed E-state index contributed by atoms with van der Waals surface area (Å²) in [4.78, 5) is 11.7. The average molecular weight is 253 g/mol. The molecule has 78 valence electrons. The third-order valence-corrected chi connectivity index (χ3v) is 2.40. The van der Waals surface area contributed by atoms with E-state index in [0.717, 1.165) is 24.7 Å². The van der Waals surface area contributed by atoms with E-state index < -0.39 is 0 Å². The molecule has 0 atom stereocenters. The number of ketones is 1. The molecule has 0 N–H and O–H groups in total.